The van der Waals surface area contributed by atoms with Crippen LogP contribution in [0, 0.1) is 52.3 Å². The molecule has 4 saturated carbocycles. The molecule has 0 aromatic rings. The summed E-state index contributed by atoms with van der Waals surface area (Å²) in [4.78, 5) is 11.4. The molecular weight excluding hydrogens is 380 g/mol. The average molecular weight is 423 g/mol. The summed E-state index contributed by atoms with van der Waals surface area (Å²) in [6.07, 6.45) is 5.75. The Morgan fingerprint density at radius 2 is 1.70 bits per heavy atom. The monoisotopic (exact) mass is 422 g/mol. The SMILES string of the molecule is C[C@H](C[C@H](C)C(=O)O)[C@H]1CCC2C3C(C[C@H](O)[C@@]21C)[C@@]1(C)CC[C@@H](O)CC1C[C@@H]3O. The molecule has 0 aromatic heterocycles. The van der Waals surface area contributed by atoms with Gasteiger partial charge in [0.15, 0.2) is 0 Å². The molecule has 0 heterocycles. The summed E-state index contributed by atoms with van der Waals surface area (Å²) in [5, 5.41) is 42.4. The first kappa shape index (κ1) is 22.5. The second-order valence-corrected chi connectivity index (χ2v) is 12.0. The highest BCUT2D eigenvalue weighted by atomic mass is 16.4. The maximum absolute atomic E-state index is 11.5. The van der Waals surface area contributed by atoms with Crippen molar-refractivity contribution < 1.29 is 25.2 Å². The van der Waals surface area contributed by atoms with E-state index >= 15 is 0 Å². The molecule has 0 aromatic carbocycles. The lowest BCUT2D eigenvalue weighted by Crippen LogP contribution is -2.62. The highest BCUT2D eigenvalue weighted by molar-refractivity contribution is 5.69. The van der Waals surface area contributed by atoms with Crippen molar-refractivity contribution in [1.29, 1.82) is 0 Å². The van der Waals surface area contributed by atoms with Gasteiger partial charge in [0.05, 0.1) is 24.2 Å². The molecule has 5 nitrogen and oxygen atoms in total. The molecule has 0 spiro atoms. The van der Waals surface area contributed by atoms with Crippen LogP contribution in [0.25, 0.3) is 0 Å². The summed E-state index contributed by atoms with van der Waals surface area (Å²) < 4.78 is 0. The number of rotatable bonds is 4. The molecule has 172 valence electrons. The number of aliphatic hydroxyl groups is 3. The fourth-order valence-electron chi connectivity index (χ4n) is 8.95. The van der Waals surface area contributed by atoms with Gasteiger partial charge in [-0.25, -0.2) is 0 Å². The third kappa shape index (κ3) is 3.26. The van der Waals surface area contributed by atoms with Crippen molar-refractivity contribution in [3.63, 3.8) is 0 Å². The predicted molar refractivity (Wildman–Crippen MR) is 115 cm³/mol. The first-order valence-corrected chi connectivity index (χ1v) is 12.3. The summed E-state index contributed by atoms with van der Waals surface area (Å²) in [5.74, 6) is 0.567. The van der Waals surface area contributed by atoms with Gasteiger partial charge in [0.1, 0.15) is 0 Å². The standard InChI is InChI=1S/C25H42O5/c1-13(9-14(2)23(29)30)17-5-6-18-22-19(12-21(28)25(17,18)4)24(3)8-7-16(26)10-15(24)11-20(22)27/h13-22,26-28H,5-12H2,1-4H3,(H,29,30)/t13-,14+,15?,16-,17-,18?,19?,20+,21+,22?,24+,25-/m1/s1. The van der Waals surface area contributed by atoms with Crippen LogP contribution in [0.1, 0.15) is 79.1 Å². The summed E-state index contributed by atoms with van der Waals surface area (Å²) in [7, 11) is 0. The Morgan fingerprint density at radius 1 is 1.00 bits per heavy atom. The third-order valence-electron chi connectivity index (χ3n) is 10.7. The van der Waals surface area contributed by atoms with Crippen molar-refractivity contribution >= 4 is 5.97 Å². The van der Waals surface area contributed by atoms with Gasteiger partial charge < -0.3 is 20.4 Å². The Hall–Kier alpha value is -0.650. The molecule has 12 atom stereocenters. The van der Waals surface area contributed by atoms with Crippen LogP contribution in [0.4, 0.5) is 0 Å². The number of carboxylic acids is 1. The molecule has 0 amide bonds. The Morgan fingerprint density at radius 3 is 2.37 bits per heavy atom. The van der Waals surface area contributed by atoms with E-state index in [1.807, 2.05) is 0 Å². The number of carboxylic acid groups (broad SMARTS) is 1. The average Bonchev–Trinajstić information content (AvgIpc) is 3.02. The minimum absolute atomic E-state index is 0.0902. The van der Waals surface area contributed by atoms with Crippen LogP contribution in [0.5, 0.6) is 0 Å². The Labute approximate surface area is 181 Å². The van der Waals surface area contributed by atoms with Gasteiger partial charge in [0.2, 0.25) is 0 Å². The molecule has 0 radical (unpaired) electrons. The van der Waals surface area contributed by atoms with Crippen LogP contribution in [-0.4, -0.2) is 44.7 Å². The van der Waals surface area contributed by atoms with Gasteiger partial charge in [0, 0.05) is 0 Å². The topological polar surface area (TPSA) is 98.0 Å². The number of carbonyl (C=O) groups is 1. The molecule has 30 heavy (non-hydrogen) atoms. The second kappa shape index (κ2) is 7.74. The maximum Gasteiger partial charge on any atom is 0.306 e. The molecular formula is C25H42O5. The number of hydrogen-bond acceptors (Lipinski definition) is 4. The molecule has 4 rings (SSSR count). The van der Waals surface area contributed by atoms with E-state index in [2.05, 4.69) is 20.8 Å². The fourth-order valence-corrected chi connectivity index (χ4v) is 8.95. The molecule has 4 aliphatic carbocycles. The molecule has 0 bridgehead atoms. The zero-order chi connectivity index (χ0) is 22.0. The predicted octanol–water partition coefficient (Wildman–Crippen LogP) is 3.69. The maximum atomic E-state index is 11.5. The first-order valence-electron chi connectivity index (χ1n) is 12.3. The Bertz CT molecular complexity index is 666. The van der Waals surface area contributed by atoms with Crippen molar-refractivity contribution in [1.82, 2.24) is 0 Å². The van der Waals surface area contributed by atoms with Gasteiger partial charge in [-0.1, -0.05) is 27.7 Å². The van der Waals surface area contributed by atoms with E-state index < -0.39 is 12.1 Å². The van der Waals surface area contributed by atoms with Gasteiger partial charge in [0.25, 0.3) is 0 Å². The fraction of sp³-hybridized carbons (Fsp3) is 0.960. The number of hydrogen-bond donors (Lipinski definition) is 4. The number of fused-ring (bicyclic) bond motifs is 5. The smallest absolute Gasteiger partial charge is 0.306 e. The van der Waals surface area contributed by atoms with E-state index in [9.17, 15) is 25.2 Å². The van der Waals surface area contributed by atoms with Gasteiger partial charge in [-0.15, -0.1) is 0 Å². The van der Waals surface area contributed by atoms with Crippen LogP contribution < -0.4 is 0 Å². The van der Waals surface area contributed by atoms with Crippen LogP contribution in [0.2, 0.25) is 0 Å². The largest absolute Gasteiger partial charge is 0.481 e. The van der Waals surface area contributed by atoms with Crippen molar-refractivity contribution in [2.75, 3.05) is 0 Å². The van der Waals surface area contributed by atoms with E-state index in [0.717, 1.165) is 44.9 Å². The number of aliphatic hydroxyl groups excluding tert-OH is 3. The van der Waals surface area contributed by atoms with Gasteiger partial charge in [-0.3, -0.25) is 4.79 Å². The van der Waals surface area contributed by atoms with Gasteiger partial charge >= 0.3 is 5.97 Å². The quantitative estimate of drug-likeness (QED) is 0.554. The lowest BCUT2D eigenvalue weighted by atomic mass is 9.43. The Kier molecular flexibility index (Phi) is 5.81. The summed E-state index contributed by atoms with van der Waals surface area (Å²) >= 11 is 0. The summed E-state index contributed by atoms with van der Waals surface area (Å²) in [5.41, 5.74) is -0.163. The third-order valence-corrected chi connectivity index (χ3v) is 10.7. The van der Waals surface area contributed by atoms with Gasteiger partial charge in [-0.2, -0.15) is 0 Å². The normalized spacial score (nSPS) is 52.6. The van der Waals surface area contributed by atoms with Crippen LogP contribution in [-0.2, 0) is 4.79 Å². The lowest BCUT2D eigenvalue weighted by molar-refractivity contribution is -0.207. The summed E-state index contributed by atoms with van der Waals surface area (Å²) in [6, 6.07) is 0. The molecule has 4 fully saturated rings. The highest BCUT2D eigenvalue weighted by Gasteiger charge is 2.65. The zero-order valence-electron chi connectivity index (χ0n) is 19.1. The van der Waals surface area contributed by atoms with Crippen molar-refractivity contribution in [3.05, 3.63) is 0 Å². The van der Waals surface area contributed by atoms with E-state index in [1.165, 1.54) is 0 Å². The van der Waals surface area contributed by atoms with Gasteiger partial charge in [-0.05, 0) is 97.7 Å². The molecule has 4 unspecified atom stereocenters. The molecule has 4 N–H and O–H groups in total. The highest BCUT2D eigenvalue weighted by Crippen LogP contribution is 2.68. The molecule has 5 heteroatoms. The molecule has 0 saturated heterocycles. The first-order chi connectivity index (χ1) is 14.0. The van der Waals surface area contributed by atoms with E-state index in [1.54, 1.807) is 6.92 Å². The van der Waals surface area contributed by atoms with Crippen molar-refractivity contribution in [2.24, 2.45) is 52.3 Å². The number of aliphatic carboxylic acids is 1. The Balaban J connectivity index is 1.61. The minimum atomic E-state index is -0.744. The molecule has 4 aliphatic rings. The van der Waals surface area contributed by atoms with Crippen LogP contribution >= 0.6 is 0 Å². The second-order valence-electron chi connectivity index (χ2n) is 12.0. The van der Waals surface area contributed by atoms with E-state index in [0.29, 0.717) is 30.1 Å². The summed E-state index contributed by atoms with van der Waals surface area (Å²) in [6.45, 7) is 8.52. The van der Waals surface area contributed by atoms with Crippen LogP contribution in [0.3, 0.4) is 0 Å². The minimum Gasteiger partial charge on any atom is -0.481 e. The van der Waals surface area contributed by atoms with E-state index in [-0.39, 0.29) is 40.8 Å². The van der Waals surface area contributed by atoms with Crippen LogP contribution in [0.15, 0.2) is 0 Å². The zero-order valence-corrected chi connectivity index (χ0v) is 19.1. The molecule has 0 aliphatic heterocycles. The van der Waals surface area contributed by atoms with Crippen molar-refractivity contribution in [3.8, 4) is 0 Å². The lowest BCUT2D eigenvalue weighted by Gasteiger charge is -2.63. The van der Waals surface area contributed by atoms with Crippen molar-refractivity contribution in [2.45, 2.75) is 97.4 Å². The van der Waals surface area contributed by atoms with E-state index in [4.69, 9.17) is 0 Å².